The van der Waals surface area contributed by atoms with E-state index in [1.54, 1.807) is 47.4 Å². The Hall–Kier alpha value is -3.37. The minimum absolute atomic E-state index is 0.317. The van der Waals surface area contributed by atoms with Crippen molar-refractivity contribution in [2.24, 2.45) is 0 Å². The Morgan fingerprint density at radius 1 is 0.938 bits per heavy atom. The molecule has 2 aromatic carbocycles. The third-order valence-electron chi connectivity index (χ3n) is 5.14. The van der Waals surface area contributed by atoms with Crippen molar-refractivity contribution in [1.29, 1.82) is 0 Å². The van der Waals surface area contributed by atoms with Crippen LogP contribution in [0.5, 0.6) is 0 Å². The maximum Gasteiger partial charge on any atom is 0.337 e. The Labute approximate surface area is 190 Å². The number of thioether (sulfide) groups is 1. The zero-order chi connectivity index (χ0) is 22.2. The summed E-state index contributed by atoms with van der Waals surface area (Å²) in [6, 6.07) is 10.9. The Morgan fingerprint density at radius 3 is 2.28 bits per heavy atom. The molecule has 0 fully saturated rings. The molecule has 0 spiro atoms. The molecular formula is C22H18N4O4S2. The highest BCUT2D eigenvalue weighted by Gasteiger charge is 2.18. The monoisotopic (exact) mass is 466 g/mol. The van der Waals surface area contributed by atoms with Crippen molar-refractivity contribution in [3.05, 3.63) is 59.1 Å². The predicted octanol–water partition coefficient (Wildman–Crippen LogP) is 4.26. The lowest BCUT2D eigenvalue weighted by Crippen LogP contribution is -2.01. The highest BCUT2D eigenvalue weighted by atomic mass is 32.2. The van der Waals surface area contributed by atoms with E-state index in [9.17, 15) is 9.59 Å². The molecule has 6 rings (SSSR count). The van der Waals surface area contributed by atoms with Gasteiger partial charge in [0.25, 0.3) is 0 Å². The number of methoxy groups -OCH3 is 2. The van der Waals surface area contributed by atoms with E-state index >= 15 is 0 Å². The van der Waals surface area contributed by atoms with Crippen LogP contribution in [0.1, 0.15) is 20.7 Å². The first-order valence-electron chi connectivity index (χ1n) is 9.74. The Balaban J connectivity index is 0.000000135. The maximum absolute atomic E-state index is 11.4. The number of imidazole rings is 2. The molecule has 32 heavy (non-hydrogen) atoms. The van der Waals surface area contributed by atoms with Crippen LogP contribution in [0.3, 0.4) is 0 Å². The highest BCUT2D eigenvalue weighted by molar-refractivity contribution is 7.99. The van der Waals surface area contributed by atoms with Gasteiger partial charge >= 0.3 is 11.9 Å². The van der Waals surface area contributed by atoms with Gasteiger partial charge in [0.05, 0.1) is 47.4 Å². The molecule has 0 saturated carbocycles. The number of hydrogen-bond acceptors (Lipinski definition) is 8. The van der Waals surface area contributed by atoms with Crippen molar-refractivity contribution in [1.82, 2.24) is 18.9 Å². The third kappa shape index (κ3) is 3.51. The molecule has 1 aliphatic heterocycles. The number of aryl methyl sites for hydroxylation is 1. The zero-order valence-electron chi connectivity index (χ0n) is 17.3. The summed E-state index contributed by atoms with van der Waals surface area (Å²) >= 11 is 3.32. The van der Waals surface area contributed by atoms with Crippen molar-refractivity contribution in [3.8, 4) is 0 Å². The van der Waals surface area contributed by atoms with Gasteiger partial charge in [-0.2, -0.15) is 0 Å². The Morgan fingerprint density at radius 2 is 1.59 bits per heavy atom. The first kappa shape index (κ1) is 20.5. The predicted molar refractivity (Wildman–Crippen MR) is 124 cm³/mol. The number of carbonyl (C=O) groups is 2. The molecule has 0 atom stereocenters. The number of aromatic nitrogens is 4. The zero-order valence-corrected chi connectivity index (χ0v) is 18.9. The van der Waals surface area contributed by atoms with Crippen LogP contribution in [-0.2, 0) is 16.0 Å². The summed E-state index contributed by atoms with van der Waals surface area (Å²) in [6.45, 7) is 0.994. The van der Waals surface area contributed by atoms with Gasteiger partial charge in [-0.05, 0) is 36.4 Å². The van der Waals surface area contributed by atoms with Crippen LogP contribution in [0.15, 0.2) is 53.1 Å². The quantitative estimate of drug-likeness (QED) is 0.359. The number of carbonyl (C=O) groups excluding carboxylic acids is 2. The first-order valence-corrected chi connectivity index (χ1v) is 11.6. The van der Waals surface area contributed by atoms with Gasteiger partial charge < -0.3 is 14.0 Å². The van der Waals surface area contributed by atoms with E-state index in [-0.39, 0.29) is 11.9 Å². The van der Waals surface area contributed by atoms with Crippen molar-refractivity contribution in [3.63, 3.8) is 0 Å². The van der Waals surface area contributed by atoms with Gasteiger partial charge in [-0.3, -0.25) is 4.40 Å². The van der Waals surface area contributed by atoms with Crippen LogP contribution < -0.4 is 0 Å². The second kappa shape index (κ2) is 8.29. The fourth-order valence-electron chi connectivity index (χ4n) is 3.61. The lowest BCUT2D eigenvalue weighted by Gasteiger charge is -2.00. The minimum Gasteiger partial charge on any atom is -0.465 e. The van der Waals surface area contributed by atoms with E-state index in [4.69, 9.17) is 0 Å². The molecule has 1 aliphatic rings. The molecule has 0 N–H and O–H groups in total. The smallest absolute Gasteiger partial charge is 0.337 e. The van der Waals surface area contributed by atoms with Gasteiger partial charge in [0, 0.05) is 23.9 Å². The van der Waals surface area contributed by atoms with Gasteiger partial charge in [0.1, 0.15) is 0 Å². The summed E-state index contributed by atoms with van der Waals surface area (Å²) < 4.78 is 13.5. The molecule has 5 aromatic rings. The van der Waals surface area contributed by atoms with E-state index in [0.717, 1.165) is 44.5 Å². The molecule has 3 aromatic heterocycles. The SMILES string of the molecule is COC(=O)c1ccc2c(c1)nc1n2CCS1.COC(=O)c1ccc2c(c1)nc1sccn12. The van der Waals surface area contributed by atoms with E-state index < -0.39 is 0 Å². The van der Waals surface area contributed by atoms with E-state index in [0.29, 0.717) is 11.1 Å². The number of hydrogen-bond donors (Lipinski definition) is 0. The van der Waals surface area contributed by atoms with Crippen LogP contribution in [0.2, 0.25) is 0 Å². The van der Waals surface area contributed by atoms with Crippen LogP contribution in [0.4, 0.5) is 0 Å². The molecule has 10 heteroatoms. The van der Waals surface area contributed by atoms with Gasteiger partial charge in [0.15, 0.2) is 10.1 Å². The summed E-state index contributed by atoms with van der Waals surface area (Å²) in [5.74, 6) is 0.429. The van der Waals surface area contributed by atoms with Gasteiger partial charge in [-0.15, -0.1) is 11.3 Å². The standard InChI is InChI=1S/C11H10N2O2S.C11H8N2O2S/c2*1-15-10(14)7-2-3-9-8(6-7)12-11-13(9)4-5-16-11/h2-3,6H,4-5H2,1H3;2-6H,1H3. The molecule has 8 nitrogen and oxygen atoms in total. The number of nitrogens with zero attached hydrogens (tertiary/aromatic N) is 4. The van der Waals surface area contributed by atoms with Crippen LogP contribution in [-0.4, -0.2) is 50.8 Å². The van der Waals surface area contributed by atoms with E-state index in [1.165, 1.54) is 14.2 Å². The average Bonchev–Trinajstić information content (AvgIpc) is 3.58. The summed E-state index contributed by atoms with van der Waals surface area (Å²) in [6.07, 6.45) is 1.97. The Kier molecular flexibility index (Phi) is 5.32. The normalized spacial score (nSPS) is 12.6. The number of esters is 2. The van der Waals surface area contributed by atoms with Crippen molar-refractivity contribution in [2.75, 3.05) is 20.0 Å². The highest BCUT2D eigenvalue weighted by Crippen LogP contribution is 2.30. The van der Waals surface area contributed by atoms with Gasteiger partial charge in [0.2, 0.25) is 0 Å². The van der Waals surface area contributed by atoms with E-state index in [2.05, 4.69) is 24.0 Å². The number of fused-ring (bicyclic) bond motifs is 6. The van der Waals surface area contributed by atoms with Crippen LogP contribution in [0.25, 0.3) is 27.0 Å². The third-order valence-corrected chi connectivity index (χ3v) is 6.86. The largest absolute Gasteiger partial charge is 0.465 e. The molecule has 162 valence electrons. The first-order chi connectivity index (χ1) is 15.6. The topological polar surface area (TPSA) is 87.7 Å². The number of ether oxygens (including phenoxy) is 2. The molecule has 0 amide bonds. The summed E-state index contributed by atoms with van der Waals surface area (Å²) in [4.78, 5) is 32.6. The summed E-state index contributed by atoms with van der Waals surface area (Å²) in [5, 5.41) is 3.02. The molecule has 0 radical (unpaired) electrons. The number of rotatable bonds is 2. The van der Waals surface area contributed by atoms with Gasteiger partial charge in [-0.25, -0.2) is 19.6 Å². The van der Waals surface area contributed by atoms with Crippen LogP contribution in [0, 0.1) is 0 Å². The maximum atomic E-state index is 11.4. The molecule has 0 bridgehead atoms. The molecule has 0 saturated heterocycles. The molecular weight excluding hydrogens is 448 g/mol. The average molecular weight is 467 g/mol. The fourth-order valence-corrected chi connectivity index (χ4v) is 5.30. The molecule has 0 unspecified atom stereocenters. The number of thiazole rings is 1. The van der Waals surface area contributed by atoms with Crippen molar-refractivity contribution < 1.29 is 19.1 Å². The fraction of sp³-hybridized carbons (Fsp3) is 0.182. The molecule has 4 heterocycles. The Bertz CT molecular complexity index is 1480. The minimum atomic E-state index is -0.335. The lowest BCUT2D eigenvalue weighted by molar-refractivity contribution is 0.0592. The number of benzene rings is 2. The summed E-state index contributed by atoms with van der Waals surface area (Å²) in [5.41, 5.74) is 4.86. The van der Waals surface area contributed by atoms with Crippen molar-refractivity contribution in [2.45, 2.75) is 11.7 Å². The second-order valence-electron chi connectivity index (χ2n) is 6.95. The molecule has 0 aliphatic carbocycles. The second-order valence-corrected chi connectivity index (χ2v) is 8.89. The van der Waals surface area contributed by atoms with Crippen LogP contribution >= 0.6 is 23.1 Å². The summed E-state index contributed by atoms with van der Waals surface area (Å²) in [7, 11) is 2.76. The van der Waals surface area contributed by atoms with Gasteiger partial charge in [-0.1, -0.05) is 11.8 Å². The van der Waals surface area contributed by atoms with Crippen molar-refractivity contribution >= 4 is 62.1 Å². The van der Waals surface area contributed by atoms with E-state index in [1.807, 2.05) is 28.1 Å². The lowest BCUT2D eigenvalue weighted by atomic mass is 10.2.